The third kappa shape index (κ3) is 2.20. The molecule has 0 spiro atoms. The molecule has 5 nitrogen and oxygen atoms in total. The average molecular weight is 286 g/mol. The Kier molecular flexibility index (Phi) is 3.16. The number of rotatable bonds is 2. The number of aromatic nitrogens is 2. The van der Waals surface area contributed by atoms with Gasteiger partial charge in [-0.1, -0.05) is 12.1 Å². The SMILES string of the molecule is CC(=O)c1c(O)n(-c2ccccc2C(F)(F)F)[nH]c1=O. The van der Waals surface area contributed by atoms with Gasteiger partial charge in [0.05, 0.1) is 11.3 Å². The monoisotopic (exact) mass is 286 g/mol. The number of Topliss-reactive ketones (excluding diaryl/α,β-unsaturated/α-hetero) is 1. The number of hydrogen-bond donors (Lipinski definition) is 2. The van der Waals surface area contributed by atoms with Crippen LogP contribution in [-0.2, 0) is 6.18 Å². The van der Waals surface area contributed by atoms with Crippen molar-refractivity contribution in [1.29, 1.82) is 0 Å². The average Bonchev–Trinajstić information content (AvgIpc) is 2.63. The molecular formula is C12H9F3N2O3. The topological polar surface area (TPSA) is 75.1 Å². The highest BCUT2D eigenvalue weighted by atomic mass is 19.4. The fraction of sp³-hybridized carbons (Fsp3) is 0.167. The zero-order valence-corrected chi connectivity index (χ0v) is 10.2. The molecule has 1 aromatic heterocycles. The first-order valence-corrected chi connectivity index (χ1v) is 5.45. The van der Waals surface area contributed by atoms with Crippen LogP contribution in [0.15, 0.2) is 29.1 Å². The van der Waals surface area contributed by atoms with E-state index < -0.39 is 40.2 Å². The van der Waals surface area contributed by atoms with Crippen molar-refractivity contribution in [2.24, 2.45) is 0 Å². The Morgan fingerprint density at radius 3 is 2.40 bits per heavy atom. The lowest BCUT2D eigenvalue weighted by atomic mass is 10.1. The predicted octanol–water partition coefficient (Wildman–Crippen LogP) is 2.09. The Bertz CT molecular complexity index is 728. The van der Waals surface area contributed by atoms with Gasteiger partial charge in [0.2, 0.25) is 5.88 Å². The second-order valence-corrected chi connectivity index (χ2v) is 4.05. The molecule has 0 saturated heterocycles. The molecule has 0 bridgehead atoms. The maximum absolute atomic E-state index is 12.9. The molecule has 0 aliphatic carbocycles. The third-order valence-electron chi connectivity index (χ3n) is 2.68. The molecule has 8 heteroatoms. The molecule has 20 heavy (non-hydrogen) atoms. The zero-order valence-electron chi connectivity index (χ0n) is 10.2. The Morgan fingerprint density at radius 2 is 1.90 bits per heavy atom. The van der Waals surface area contributed by atoms with Gasteiger partial charge in [0.25, 0.3) is 5.56 Å². The lowest BCUT2D eigenvalue weighted by Gasteiger charge is -2.13. The minimum Gasteiger partial charge on any atom is -0.493 e. The van der Waals surface area contributed by atoms with Crippen molar-refractivity contribution < 1.29 is 23.1 Å². The van der Waals surface area contributed by atoms with Gasteiger partial charge < -0.3 is 5.11 Å². The lowest BCUT2D eigenvalue weighted by molar-refractivity contribution is -0.137. The number of carbonyl (C=O) groups is 1. The summed E-state index contributed by atoms with van der Waals surface area (Å²) < 4.78 is 39.2. The smallest absolute Gasteiger partial charge is 0.418 e. The van der Waals surface area contributed by atoms with Crippen molar-refractivity contribution in [2.45, 2.75) is 13.1 Å². The van der Waals surface area contributed by atoms with Gasteiger partial charge >= 0.3 is 6.18 Å². The molecule has 1 heterocycles. The molecule has 2 rings (SSSR count). The van der Waals surface area contributed by atoms with Crippen LogP contribution in [0.1, 0.15) is 22.8 Å². The first kappa shape index (κ1) is 13.9. The first-order valence-electron chi connectivity index (χ1n) is 5.45. The molecule has 106 valence electrons. The maximum Gasteiger partial charge on any atom is 0.418 e. The fourth-order valence-corrected chi connectivity index (χ4v) is 1.82. The highest BCUT2D eigenvalue weighted by molar-refractivity contribution is 5.96. The number of benzene rings is 1. The molecule has 0 fully saturated rings. The molecule has 0 radical (unpaired) electrons. The summed E-state index contributed by atoms with van der Waals surface area (Å²) in [5, 5.41) is 11.8. The van der Waals surface area contributed by atoms with Gasteiger partial charge in [0.15, 0.2) is 5.78 Å². The highest BCUT2D eigenvalue weighted by Crippen LogP contribution is 2.34. The van der Waals surface area contributed by atoms with Crippen molar-refractivity contribution >= 4 is 5.78 Å². The van der Waals surface area contributed by atoms with E-state index in [-0.39, 0.29) is 0 Å². The predicted molar refractivity (Wildman–Crippen MR) is 63.1 cm³/mol. The van der Waals surface area contributed by atoms with Crippen LogP contribution in [0.5, 0.6) is 5.88 Å². The van der Waals surface area contributed by atoms with E-state index in [2.05, 4.69) is 0 Å². The van der Waals surface area contributed by atoms with Crippen LogP contribution in [0.3, 0.4) is 0 Å². The van der Waals surface area contributed by atoms with E-state index in [1.807, 2.05) is 5.10 Å². The van der Waals surface area contributed by atoms with Crippen molar-refractivity contribution in [1.82, 2.24) is 9.78 Å². The number of carbonyl (C=O) groups excluding carboxylic acids is 1. The van der Waals surface area contributed by atoms with Gasteiger partial charge in [0, 0.05) is 0 Å². The van der Waals surface area contributed by atoms with Gasteiger partial charge in [-0.15, -0.1) is 0 Å². The summed E-state index contributed by atoms with van der Waals surface area (Å²) in [5.74, 6) is -1.59. The Hall–Kier alpha value is -2.51. The number of para-hydroxylation sites is 1. The van der Waals surface area contributed by atoms with E-state index in [0.29, 0.717) is 4.68 Å². The highest BCUT2D eigenvalue weighted by Gasteiger charge is 2.34. The number of ketones is 1. The Balaban J connectivity index is 2.74. The normalized spacial score (nSPS) is 11.6. The summed E-state index contributed by atoms with van der Waals surface area (Å²) in [5.41, 5.74) is -3.05. The van der Waals surface area contributed by atoms with Crippen LogP contribution in [0.2, 0.25) is 0 Å². The van der Waals surface area contributed by atoms with E-state index in [0.717, 1.165) is 19.1 Å². The zero-order chi connectivity index (χ0) is 15.1. The summed E-state index contributed by atoms with van der Waals surface area (Å²) in [6.45, 7) is 1.03. The lowest BCUT2D eigenvalue weighted by Crippen LogP contribution is -2.13. The van der Waals surface area contributed by atoms with Gasteiger partial charge in [-0.05, 0) is 19.1 Å². The molecular weight excluding hydrogens is 277 g/mol. The van der Waals surface area contributed by atoms with Crippen LogP contribution in [0.4, 0.5) is 13.2 Å². The summed E-state index contributed by atoms with van der Waals surface area (Å²) in [4.78, 5) is 22.7. The minimum absolute atomic E-state index is 0.470. The van der Waals surface area contributed by atoms with Crippen LogP contribution in [0.25, 0.3) is 5.69 Å². The van der Waals surface area contributed by atoms with Crippen LogP contribution in [-0.4, -0.2) is 20.7 Å². The van der Waals surface area contributed by atoms with Crippen molar-refractivity contribution in [3.63, 3.8) is 0 Å². The number of aromatic amines is 1. The molecule has 0 amide bonds. The summed E-state index contributed by atoms with van der Waals surface area (Å²) in [6, 6.07) is 4.37. The fourth-order valence-electron chi connectivity index (χ4n) is 1.82. The van der Waals surface area contributed by atoms with Crippen molar-refractivity contribution in [2.75, 3.05) is 0 Å². The van der Waals surface area contributed by atoms with E-state index in [1.54, 1.807) is 0 Å². The molecule has 0 atom stereocenters. The molecule has 2 aromatic rings. The third-order valence-corrected chi connectivity index (χ3v) is 2.68. The van der Waals surface area contributed by atoms with Gasteiger partial charge in [-0.3, -0.25) is 14.7 Å². The summed E-state index contributed by atoms with van der Waals surface area (Å²) in [7, 11) is 0. The summed E-state index contributed by atoms with van der Waals surface area (Å²) >= 11 is 0. The minimum atomic E-state index is -4.67. The number of nitrogens with zero attached hydrogens (tertiary/aromatic N) is 1. The molecule has 1 aromatic carbocycles. The second kappa shape index (κ2) is 4.55. The van der Waals surface area contributed by atoms with E-state index in [4.69, 9.17) is 0 Å². The molecule has 0 aliphatic rings. The van der Waals surface area contributed by atoms with Gasteiger partial charge in [-0.2, -0.15) is 13.2 Å². The van der Waals surface area contributed by atoms with E-state index in [9.17, 15) is 27.9 Å². The van der Waals surface area contributed by atoms with Crippen molar-refractivity contribution in [3.05, 3.63) is 45.7 Å². The molecule has 0 unspecified atom stereocenters. The van der Waals surface area contributed by atoms with Crippen molar-refractivity contribution in [3.8, 4) is 11.6 Å². The maximum atomic E-state index is 12.9. The number of H-pyrrole nitrogens is 1. The molecule has 0 saturated carbocycles. The second-order valence-electron chi connectivity index (χ2n) is 4.05. The Labute approximate surface area is 110 Å². The largest absolute Gasteiger partial charge is 0.493 e. The molecule has 2 N–H and O–H groups in total. The number of hydrogen-bond acceptors (Lipinski definition) is 3. The van der Waals surface area contributed by atoms with Gasteiger partial charge in [-0.25, -0.2) is 4.68 Å². The number of aromatic hydroxyl groups is 1. The van der Waals surface area contributed by atoms with E-state index >= 15 is 0 Å². The first-order chi connectivity index (χ1) is 9.23. The number of nitrogens with one attached hydrogen (secondary N) is 1. The number of alkyl halides is 3. The quantitative estimate of drug-likeness (QED) is 0.830. The van der Waals surface area contributed by atoms with E-state index in [1.165, 1.54) is 12.1 Å². The standard InChI is InChI=1S/C12H9F3N2O3/c1-6(18)9-10(19)16-17(11(9)20)8-5-3-2-4-7(8)12(13,14)15/h2-5,20H,1H3,(H,16,19). The van der Waals surface area contributed by atoms with Crippen LogP contribution >= 0.6 is 0 Å². The number of halogens is 3. The van der Waals surface area contributed by atoms with Gasteiger partial charge in [0.1, 0.15) is 5.56 Å². The molecule has 0 aliphatic heterocycles. The van der Waals surface area contributed by atoms with Crippen LogP contribution < -0.4 is 5.56 Å². The summed E-state index contributed by atoms with van der Waals surface area (Å²) in [6.07, 6.45) is -4.67. The van der Waals surface area contributed by atoms with Crippen LogP contribution in [0, 0.1) is 0 Å². The Morgan fingerprint density at radius 1 is 1.30 bits per heavy atom.